The quantitative estimate of drug-likeness (QED) is 0.318. The number of Topliss-reactive ketones (excluding diaryl/α,β-unsaturated/α-hetero) is 1. The Balaban J connectivity index is 2.10. The monoisotopic (exact) mass is 597 g/mol. The summed E-state index contributed by atoms with van der Waals surface area (Å²) >= 11 is 6.47. The van der Waals surface area contributed by atoms with Gasteiger partial charge in [0.15, 0.2) is 5.78 Å². The van der Waals surface area contributed by atoms with E-state index in [0.717, 1.165) is 16.1 Å². The topological polar surface area (TPSA) is 104 Å². The van der Waals surface area contributed by atoms with Crippen LogP contribution in [0.4, 0.5) is 5.69 Å². The first kappa shape index (κ1) is 31.8. The molecule has 1 atom stereocenters. The van der Waals surface area contributed by atoms with Crippen molar-refractivity contribution in [3.8, 4) is 0 Å². The van der Waals surface area contributed by atoms with E-state index in [0.29, 0.717) is 16.1 Å². The second kappa shape index (κ2) is 13.3. The Labute approximate surface area is 247 Å². The molecule has 1 N–H and O–H groups in total. The van der Waals surface area contributed by atoms with Crippen LogP contribution in [0.25, 0.3) is 0 Å². The van der Waals surface area contributed by atoms with E-state index in [-0.39, 0.29) is 30.3 Å². The molecule has 0 unspecified atom stereocenters. The minimum absolute atomic E-state index is 0.0291. The summed E-state index contributed by atoms with van der Waals surface area (Å²) in [4.78, 5) is 41.3. The number of rotatable bonds is 11. The molecule has 0 fully saturated rings. The Bertz CT molecular complexity index is 1500. The molecule has 0 aliphatic carbocycles. The van der Waals surface area contributed by atoms with Crippen molar-refractivity contribution < 1.29 is 22.8 Å². The van der Waals surface area contributed by atoms with E-state index < -0.39 is 34.1 Å². The number of sulfonamides is 1. The van der Waals surface area contributed by atoms with Crippen molar-refractivity contribution in [3.63, 3.8) is 0 Å². The number of anilines is 1. The van der Waals surface area contributed by atoms with Gasteiger partial charge in [0.1, 0.15) is 12.6 Å². The number of carbonyl (C=O) groups is 3. The van der Waals surface area contributed by atoms with E-state index in [9.17, 15) is 22.8 Å². The normalized spacial score (nSPS) is 12.3. The molecule has 0 aliphatic rings. The predicted octanol–water partition coefficient (Wildman–Crippen LogP) is 4.86. The second-order valence-electron chi connectivity index (χ2n) is 10.9. The van der Waals surface area contributed by atoms with Gasteiger partial charge in [0, 0.05) is 29.1 Å². The van der Waals surface area contributed by atoms with Crippen molar-refractivity contribution in [1.29, 1.82) is 0 Å². The molecule has 3 rings (SSSR count). The fourth-order valence-corrected chi connectivity index (χ4v) is 5.35. The minimum Gasteiger partial charge on any atom is -0.350 e. The van der Waals surface area contributed by atoms with Crippen molar-refractivity contribution in [3.05, 3.63) is 101 Å². The van der Waals surface area contributed by atoms with Crippen LogP contribution in [0.3, 0.4) is 0 Å². The van der Waals surface area contributed by atoms with Gasteiger partial charge in [-0.15, -0.1) is 0 Å². The first-order chi connectivity index (χ1) is 19.2. The average molecular weight is 598 g/mol. The number of hydrogen-bond acceptors (Lipinski definition) is 5. The van der Waals surface area contributed by atoms with E-state index in [1.807, 2.05) is 51.1 Å². The number of benzene rings is 3. The molecule has 0 heterocycles. The second-order valence-corrected chi connectivity index (χ2v) is 13.2. The van der Waals surface area contributed by atoms with Gasteiger partial charge in [-0.2, -0.15) is 0 Å². The lowest BCUT2D eigenvalue weighted by Gasteiger charge is -2.35. The molecular formula is C31H36ClN3O5S. The number of hydrogen-bond donors (Lipinski definition) is 1. The molecule has 0 spiro atoms. The minimum atomic E-state index is -3.96. The molecule has 0 saturated carbocycles. The molecule has 0 radical (unpaired) electrons. The summed E-state index contributed by atoms with van der Waals surface area (Å²) < 4.78 is 26.8. The lowest BCUT2D eigenvalue weighted by molar-refractivity contribution is -0.140. The molecule has 0 saturated heterocycles. The molecule has 0 bridgehead atoms. The summed E-state index contributed by atoms with van der Waals surface area (Å²) in [6, 6.07) is 21.4. The first-order valence-electron chi connectivity index (χ1n) is 13.1. The van der Waals surface area contributed by atoms with Gasteiger partial charge in [-0.3, -0.25) is 18.7 Å². The Morgan fingerprint density at radius 3 is 2.15 bits per heavy atom. The van der Waals surface area contributed by atoms with E-state index in [4.69, 9.17) is 11.6 Å². The van der Waals surface area contributed by atoms with Gasteiger partial charge >= 0.3 is 0 Å². The highest BCUT2D eigenvalue weighted by Gasteiger charge is 2.34. The lowest BCUT2D eigenvalue weighted by atomic mass is 10.0. The molecule has 3 aromatic rings. The number of amides is 2. The summed E-state index contributed by atoms with van der Waals surface area (Å²) in [6.45, 7) is 6.30. The molecule has 3 aromatic carbocycles. The van der Waals surface area contributed by atoms with Crippen molar-refractivity contribution >= 4 is 44.9 Å². The van der Waals surface area contributed by atoms with E-state index in [1.165, 1.54) is 24.0 Å². The Morgan fingerprint density at radius 2 is 1.56 bits per heavy atom. The fourth-order valence-electron chi connectivity index (χ4n) is 4.31. The third-order valence-corrected chi connectivity index (χ3v) is 7.80. The zero-order chi connectivity index (χ0) is 30.4. The van der Waals surface area contributed by atoms with Crippen molar-refractivity contribution in [1.82, 2.24) is 10.2 Å². The lowest BCUT2D eigenvalue weighted by Crippen LogP contribution is -2.56. The summed E-state index contributed by atoms with van der Waals surface area (Å²) in [6.07, 6.45) is 1.19. The predicted molar refractivity (Wildman–Crippen MR) is 162 cm³/mol. The smallest absolute Gasteiger partial charge is 0.244 e. The van der Waals surface area contributed by atoms with Crippen molar-refractivity contribution in [2.24, 2.45) is 0 Å². The first-order valence-corrected chi connectivity index (χ1v) is 15.4. The highest BCUT2D eigenvalue weighted by molar-refractivity contribution is 7.92. The van der Waals surface area contributed by atoms with Gasteiger partial charge in [-0.1, -0.05) is 72.3 Å². The summed E-state index contributed by atoms with van der Waals surface area (Å²) in [5.41, 5.74) is 1.33. The van der Waals surface area contributed by atoms with Gasteiger partial charge in [0.2, 0.25) is 21.8 Å². The van der Waals surface area contributed by atoms with Crippen LogP contribution in [0.2, 0.25) is 5.02 Å². The Morgan fingerprint density at radius 1 is 0.927 bits per heavy atom. The van der Waals surface area contributed by atoms with Crippen LogP contribution in [0, 0.1) is 0 Å². The summed E-state index contributed by atoms with van der Waals surface area (Å²) in [5.74, 6) is -1.23. The number of nitrogens with one attached hydrogen (secondary N) is 1. The molecule has 8 nitrogen and oxygen atoms in total. The van der Waals surface area contributed by atoms with E-state index >= 15 is 0 Å². The third-order valence-electron chi connectivity index (χ3n) is 6.29. The Hall–Kier alpha value is -3.69. The standard InChI is InChI=1S/C31H36ClN3O5S/c1-22(36)24-15-11-16-26(19-24)35(41(5,39)40)21-29(37)34(20-25-14-9-10-17-27(25)32)28(30(38)33-31(2,3)4)18-23-12-7-6-8-13-23/h6-17,19,28H,18,20-21H2,1-5H3,(H,33,38)/t28-/m1/s1. The zero-order valence-corrected chi connectivity index (χ0v) is 25.5. The third kappa shape index (κ3) is 9.16. The molecule has 10 heteroatoms. The van der Waals surface area contributed by atoms with E-state index in [1.54, 1.807) is 36.4 Å². The van der Waals surface area contributed by atoms with Gasteiger partial charge in [0.05, 0.1) is 11.9 Å². The summed E-state index contributed by atoms with van der Waals surface area (Å²) in [7, 11) is -3.96. The van der Waals surface area contributed by atoms with Crippen LogP contribution in [0.15, 0.2) is 78.9 Å². The summed E-state index contributed by atoms with van der Waals surface area (Å²) in [5, 5.41) is 3.39. The van der Waals surface area contributed by atoms with Crippen LogP contribution in [0.1, 0.15) is 49.2 Å². The van der Waals surface area contributed by atoms with E-state index in [2.05, 4.69) is 5.32 Å². The van der Waals surface area contributed by atoms with Gasteiger partial charge in [-0.05, 0) is 57.0 Å². The van der Waals surface area contributed by atoms with Crippen LogP contribution in [-0.4, -0.2) is 55.3 Å². The molecule has 0 aromatic heterocycles. The van der Waals surface area contributed by atoms with Crippen LogP contribution in [-0.2, 0) is 32.6 Å². The maximum absolute atomic E-state index is 14.1. The van der Waals surface area contributed by atoms with Crippen LogP contribution in [0.5, 0.6) is 0 Å². The maximum atomic E-state index is 14.1. The van der Waals surface area contributed by atoms with Crippen LogP contribution >= 0.6 is 11.6 Å². The maximum Gasteiger partial charge on any atom is 0.244 e. The molecule has 218 valence electrons. The average Bonchev–Trinajstić information content (AvgIpc) is 2.89. The molecule has 0 aliphatic heterocycles. The number of carbonyl (C=O) groups excluding carboxylic acids is 3. The number of ketones is 1. The number of nitrogens with zero attached hydrogens (tertiary/aromatic N) is 2. The SMILES string of the molecule is CC(=O)c1cccc(N(CC(=O)N(Cc2ccccc2Cl)[C@H](Cc2ccccc2)C(=O)NC(C)(C)C)S(C)(=O)=O)c1. The van der Waals surface area contributed by atoms with Gasteiger partial charge in [-0.25, -0.2) is 8.42 Å². The molecule has 41 heavy (non-hydrogen) atoms. The number of halogens is 1. The fraction of sp³-hybridized carbons (Fsp3) is 0.323. The van der Waals surface area contributed by atoms with Gasteiger partial charge < -0.3 is 10.2 Å². The largest absolute Gasteiger partial charge is 0.350 e. The van der Waals surface area contributed by atoms with Crippen molar-refractivity contribution in [2.75, 3.05) is 17.1 Å². The highest BCUT2D eigenvalue weighted by atomic mass is 35.5. The molecular weight excluding hydrogens is 562 g/mol. The van der Waals surface area contributed by atoms with Crippen molar-refractivity contribution in [2.45, 2.75) is 52.2 Å². The van der Waals surface area contributed by atoms with Crippen LogP contribution < -0.4 is 9.62 Å². The zero-order valence-electron chi connectivity index (χ0n) is 23.9. The molecule has 2 amide bonds. The Kier molecular flexibility index (Phi) is 10.3. The highest BCUT2D eigenvalue weighted by Crippen LogP contribution is 2.24. The van der Waals surface area contributed by atoms with Gasteiger partial charge in [0.25, 0.3) is 0 Å².